The first-order chi connectivity index (χ1) is 5.66. The Hall–Kier alpha value is -0.570. The normalized spacial score (nSPS) is 19.8. The van der Waals surface area contributed by atoms with Crippen molar-refractivity contribution in [2.75, 3.05) is 13.1 Å². The zero-order valence-electron chi connectivity index (χ0n) is 7.73. The minimum atomic E-state index is 0.0885. The first-order valence-electron chi connectivity index (χ1n) is 4.63. The predicted octanol–water partition coefficient (Wildman–Crippen LogP) is 0.642. The summed E-state index contributed by atoms with van der Waals surface area (Å²) in [7, 11) is 0. The topological polar surface area (TPSA) is 55.1 Å². The molecule has 0 bridgehead atoms. The van der Waals surface area contributed by atoms with Crippen LogP contribution in [0.3, 0.4) is 0 Å². The molecule has 3 N–H and O–H groups in total. The van der Waals surface area contributed by atoms with E-state index in [9.17, 15) is 4.79 Å². The van der Waals surface area contributed by atoms with Crippen LogP contribution >= 0.6 is 0 Å². The third-order valence-corrected chi connectivity index (χ3v) is 2.64. The summed E-state index contributed by atoms with van der Waals surface area (Å²) in [6.07, 6.45) is 4.26. The van der Waals surface area contributed by atoms with Gasteiger partial charge in [-0.1, -0.05) is 13.3 Å². The second-order valence-corrected chi connectivity index (χ2v) is 3.98. The van der Waals surface area contributed by atoms with Crippen LogP contribution < -0.4 is 11.1 Å². The Labute approximate surface area is 73.7 Å². The van der Waals surface area contributed by atoms with Crippen LogP contribution in [0.5, 0.6) is 0 Å². The summed E-state index contributed by atoms with van der Waals surface area (Å²) in [4.78, 5) is 11.0. The molecule has 0 aromatic heterocycles. The van der Waals surface area contributed by atoms with Crippen molar-refractivity contribution < 1.29 is 4.79 Å². The standard InChI is InChI=1S/C9H18N2O/c1-9(4-2-5-9)7-11-8(12)3-6-10/h2-7,10H2,1H3,(H,11,12). The lowest BCUT2D eigenvalue weighted by Crippen LogP contribution is -2.40. The van der Waals surface area contributed by atoms with Crippen molar-refractivity contribution in [2.24, 2.45) is 11.1 Å². The third-order valence-electron chi connectivity index (χ3n) is 2.64. The Bertz CT molecular complexity index is 164. The van der Waals surface area contributed by atoms with Gasteiger partial charge in [-0.05, 0) is 18.3 Å². The lowest BCUT2D eigenvalue weighted by molar-refractivity contribution is -0.121. The van der Waals surface area contributed by atoms with Gasteiger partial charge in [-0.2, -0.15) is 0 Å². The van der Waals surface area contributed by atoms with E-state index in [1.54, 1.807) is 0 Å². The van der Waals surface area contributed by atoms with E-state index in [1.807, 2.05) is 0 Å². The molecule has 0 aliphatic heterocycles. The fraction of sp³-hybridized carbons (Fsp3) is 0.889. The molecule has 0 saturated heterocycles. The van der Waals surface area contributed by atoms with Gasteiger partial charge in [0.2, 0.25) is 5.91 Å². The number of rotatable bonds is 4. The molecular formula is C9H18N2O. The minimum Gasteiger partial charge on any atom is -0.356 e. The van der Waals surface area contributed by atoms with E-state index in [0.29, 0.717) is 18.4 Å². The van der Waals surface area contributed by atoms with E-state index in [0.717, 1.165) is 6.54 Å². The summed E-state index contributed by atoms with van der Waals surface area (Å²) < 4.78 is 0. The number of nitrogens with two attached hydrogens (primary N) is 1. The van der Waals surface area contributed by atoms with Crippen molar-refractivity contribution in [2.45, 2.75) is 32.6 Å². The highest BCUT2D eigenvalue weighted by atomic mass is 16.1. The van der Waals surface area contributed by atoms with Crippen molar-refractivity contribution in [3.63, 3.8) is 0 Å². The summed E-state index contributed by atoms with van der Waals surface area (Å²) in [5.74, 6) is 0.0885. The van der Waals surface area contributed by atoms with Crippen LogP contribution in [0.2, 0.25) is 0 Å². The maximum atomic E-state index is 11.0. The van der Waals surface area contributed by atoms with E-state index in [2.05, 4.69) is 12.2 Å². The van der Waals surface area contributed by atoms with Gasteiger partial charge in [0.25, 0.3) is 0 Å². The van der Waals surface area contributed by atoms with E-state index < -0.39 is 0 Å². The van der Waals surface area contributed by atoms with E-state index in [4.69, 9.17) is 5.73 Å². The SMILES string of the molecule is CC1(CNC(=O)CCN)CCC1. The van der Waals surface area contributed by atoms with Crippen LogP contribution in [-0.4, -0.2) is 19.0 Å². The zero-order chi connectivity index (χ0) is 9.03. The maximum absolute atomic E-state index is 11.0. The quantitative estimate of drug-likeness (QED) is 0.650. The average molecular weight is 170 g/mol. The molecule has 0 aromatic rings. The van der Waals surface area contributed by atoms with Crippen LogP contribution in [0.4, 0.5) is 0 Å². The smallest absolute Gasteiger partial charge is 0.221 e. The Morgan fingerprint density at radius 3 is 2.67 bits per heavy atom. The third kappa shape index (κ3) is 2.48. The Morgan fingerprint density at radius 1 is 1.58 bits per heavy atom. The lowest BCUT2D eigenvalue weighted by Gasteiger charge is -2.38. The first kappa shape index (κ1) is 9.52. The highest BCUT2D eigenvalue weighted by molar-refractivity contribution is 5.76. The fourth-order valence-corrected chi connectivity index (χ4v) is 1.49. The maximum Gasteiger partial charge on any atom is 0.221 e. The molecule has 0 spiro atoms. The highest BCUT2D eigenvalue weighted by Crippen LogP contribution is 2.39. The number of amides is 1. The van der Waals surface area contributed by atoms with Gasteiger partial charge in [0.05, 0.1) is 0 Å². The zero-order valence-corrected chi connectivity index (χ0v) is 7.73. The van der Waals surface area contributed by atoms with Crippen molar-refractivity contribution in [3.8, 4) is 0 Å². The molecular weight excluding hydrogens is 152 g/mol. The molecule has 1 aliphatic carbocycles. The summed E-state index contributed by atoms with van der Waals surface area (Å²) in [5.41, 5.74) is 5.63. The Balaban J connectivity index is 2.12. The lowest BCUT2D eigenvalue weighted by atomic mass is 9.70. The first-order valence-corrected chi connectivity index (χ1v) is 4.63. The summed E-state index contributed by atoms with van der Waals surface area (Å²) in [5, 5.41) is 2.91. The van der Waals surface area contributed by atoms with Crippen molar-refractivity contribution in [3.05, 3.63) is 0 Å². The predicted molar refractivity (Wildman–Crippen MR) is 48.6 cm³/mol. The Morgan fingerprint density at radius 2 is 2.25 bits per heavy atom. The van der Waals surface area contributed by atoms with Crippen LogP contribution in [0.1, 0.15) is 32.6 Å². The molecule has 70 valence electrons. The molecule has 0 radical (unpaired) electrons. The van der Waals surface area contributed by atoms with Crippen molar-refractivity contribution in [1.29, 1.82) is 0 Å². The van der Waals surface area contributed by atoms with Gasteiger partial charge in [-0.3, -0.25) is 4.79 Å². The van der Waals surface area contributed by atoms with Gasteiger partial charge in [-0.15, -0.1) is 0 Å². The Kier molecular flexibility index (Phi) is 3.09. The fourth-order valence-electron chi connectivity index (χ4n) is 1.49. The van der Waals surface area contributed by atoms with E-state index in [-0.39, 0.29) is 5.91 Å². The van der Waals surface area contributed by atoms with Gasteiger partial charge in [0.15, 0.2) is 0 Å². The van der Waals surface area contributed by atoms with Gasteiger partial charge in [0.1, 0.15) is 0 Å². The summed E-state index contributed by atoms with van der Waals surface area (Å²) in [6.45, 7) is 3.49. The van der Waals surface area contributed by atoms with Crippen molar-refractivity contribution >= 4 is 5.91 Å². The molecule has 0 heterocycles. The van der Waals surface area contributed by atoms with Crippen LogP contribution in [0.15, 0.2) is 0 Å². The van der Waals surface area contributed by atoms with Crippen LogP contribution in [-0.2, 0) is 4.79 Å². The second kappa shape index (κ2) is 3.90. The van der Waals surface area contributed by atoms with Crippen molar-refractivity contribution in [1.82, 2.24) is 5.32 Å². The van der Waals surface area contributed by atoms with E-state index >= 15 is 0 Å². The van der Waals surface area contributed by atoms with Gasteiger partial charge >= 0.3 is 0 Å². The molecule has 1 fully saturated rings. The molecule has 3 heteroatoms. The number of carbonyl (C=O) groups is 1. The molecule has 0 unspecified atom stereocenters. The van der Waals surface area contributed by atoms with Gasteiger partial charge in [-0.25, -0.2) is 0 Å². The molecule has 1 rings (SSSR count). The molecule has 1 amide bonds. The van der Waals surface area contributed by atoms with Gasteiger partial charge in [0, 0.05) is 19.5 Å². The monoisotopic (exact) mass is 170 g/mol. The molecule has 12 heavy (non-hydrogen) atoms. The minimum absolute atomic E-state index is 0.0885. The number of hydrogen-bond acceptors (Lipinski definition) is 2. The number of hydrogen-bond donors (Lipinski definition) is 2. The molecule has 0 aromatic carbocycles. The highest BCUT2D eigenvalue weighted by Gasteiger charge is 2.31. The molecule has 3 nitrogen and oxygen atoms in total. The number of carbonyl (C=O) groups excluding carboxylic acids is 1. The largest absolute Gasteiger partial charge is 0.356 e. The average Bonchev–Trinajstić information content (AvgIpc) is 1.98. The summed E-state index contributed by atoms with van der Waals surface area (Å²) >= 11 is 0. The van der Waals surface area contributed by atoms with E-state index in [1.165, 1.54) is 19.3 Å². The van der Waals surface area contributed by atoms with Crippen LogP contribution in [0.25, 0.3) is 0 Å². The van der Waals surface area contributed by atoms with Gasteiger partial charge < -0.3 is 11.1 Å². The number of nitrogens with one attached hydrogen (secondary N) is 1. The molecule has 0 atom stereocenters. The summed E-state index contributed by atoms with van der Waals surface area (Å²) in [6, 6.07) is 0. The molecule has 1 aliphatic rings. The molecule has 1 saturated carbocycles. The second-order valence-electron chi connectivity index (χ2n) is 3.98. The van der Waals surface area contributed by atoms with Crippen LogP contribution in [0, 0.1) is 5.41 Å².